The van der Waals surface area contributed by atoms with Crippen LogP contribution in [0.1, 0.15) is 21.5 Å². The van der Waals surface area contributed by atoms with E-state index in [2.05, 4.69) is 5.32 Å². The number of anilines is 1. The van der Waals surface area contributed by atoms with E-state index in [-0.39, 0.29) is 5.56 Å². The van der Waals surface area contributed by atoms with Gasteiger partial charge in [-0.05, 0) is 35.4 Å². The van der Waals surface area contributed by atoms with Gasteiger partial charge in [-0.1, -0.05) is 66.7 Å². The average Bonchev–Trinajstić information content (AvgIpc) is 2.62. The molecule has 3 aromatic carbocycles. The normalized spacial score (nSPS) is 10.7. The van der Waals surface area contributed by atoms with E-state index in [4.69, 9.17) is 0 Å². The van der Waals surface area contributed by atoms with Crippen molar-refractivity contribution in [2.75, 3.05) is 5.32 Å². The first kappa shape index (κ1) is 15.7. The monoisotopic (exact) mass is 317 g/mol. The van der Waals surface area contributed by atoms with E-state index in [0.29, 0.717) is 5.69 Å². The van der Waals surface area contributed by atoms with E-state index in [0.717, 1.165) is 11.1 Å². The zero-order valence-corrected chi connectivity index (χ0v) is 12.9. The van der Waals surface area contributed by atoms with Crippen molar-refractivity contribution < 1.29 is 9.18 Å². The van der Waals surface area contributed by atoms with Crippen molar-refractivity contribution in [3.05, 3.63) is 101 Å². The van der Waals surface area contributed by atoms with Crippen molar-refractivity contribution >= 4 is 23.7 Å². The van der Waals surface area contributed by atoms with E-state index in [1.165, 1.54) is 12.1 Å². The minimum atomic E-state index is -0.530. The summed E-state index contributed by atoms with van der Waals surface area (Å²) < 4.78 is 13.6. The molecular weight excluding hydrogens is 301 g/mol. The van der Waals surface area contributed by atoms with Gasteiger partial charge in [-0.25, -0.2) is 4.39 Å². The molecule has 0 aromatic heterocycles. The summed E-state index contributed by atoms with van der Waals surface area (Å²) >= 11 is 0. The molecule has 0 saturated heterocycles. The Balaban J connectivity index is 1.68. The minimum absolute atomic E-state index is 0.0329. The summed E-state index contributed by atoms with van der Waals surface area (Å²) in [7, 11) is 0. The predicted octanol–water partition coefficient (Wildman–Crippen LogP) is 5.25. The van der Waals surface area contributed by atoms with E-state index >= 15 is 0 Å². The van der Waals surface area contributed by atoms with Crippen LogP contribution in [0.4, 0.5) is 10.1 Å². The van der Waals surface area contributed by atoms with Crippen molar-refractivity contribution in [1.29, 1.82) is 0 Å². The van der Waals surface area contributed by atoms with Crippen LogP contribution in [0.3, 0.4) is 0 Å². The number of carbonyl (C=O) groups excluding carboxylic acids is 1. The molecule has 2 nitrogen and oxygen atoms in total. The number of hydrogen-bond acceptors (Lipinski definition) is 1. The number of amides is 1. The number of carbonyl (C=O) groups is 1. The van der Waals surface area contributed by atoms with Gasteiger partial charge in [0.25, 0.3) is 5.91 Å². The van der Waals surface area contributed by atoms with Crippen molar-refractivity contribution in [2.45, 2.75) is 0 Å². The third-order valence-corrected chi connectivity index (χ3v) is 3.55. The lowest BCUT2D eigenvalue weighted by Gasteiger charge is -2.06. The Kier molecular flexibility index (Phi) is 4.82. The Morgan fingerprint density at radius 3 is 2.00 bits per heavy atom. The average molecular weight is 317 g/mol. The van der Waals surface area contributed by atoms with Crippen LogP contribution in [-0.2, 0) is 0 Å². The first-order chi connectivity index (χ1) is 11.7. The fourth-order valence-corrected chi connectivity index (χ4v) is 2.28. The molecule has 3 heteroatoms. The molecule has 0 aliphatic heterocycles. The number of hydrogen-bond donors (Lipinski definition) is 1. The summed E-state index contributed by atoms with van der Waals surface area (Å²) in [6.45, 7) is 0. The Hall–Kier alpha value is -3.20. The van der Waals surface area contributed by atoms with Gasteiger partial charge >= 0.3 is 0 Å². The maximum absolute atomic E-state index is 13.6. The Morgan fingerprint density at radius 1 is 0.750 bits per heavy atom. The van der Waals surface area contributed by atoms with Gasteiger partial charge in [0.15, 0.2) is 0 Å². The van der Waals surface area contributed by atoms with Gasteiger partial charge in [0.05, 0.1) is 5.56 Å². The lowest BCUT2D eigenvalue weighted by molar-refractivity contribution is 0.102. The second-order valence-corrected chi connectivity index (χ2v) is 5.30. The quantitative estimate of drug-likeness (QED) is 0.654. The molecule has 3 rings (SSSR count). The molecular formula is C21H16FNO. The van der Waals surface area contributed by atoms with Crippen LogP contribution < -0.4 is 5.32 Å². The van der Waals surface area contributed by atoms with Gasteiger partial charge in [0.1, 0.15) is 5.82 Å². The Labute approximate surface area is 140 Å². The van der Waals surface area contributed by atoms with Crippen LogP contribution in [0.5, 0.6) is 0 Å². The molecule has 3 aromatic rings. The van der Waals surface area contributed by atoms with Crippen LogP contribution >= 0.6 is 0 Å². The Morgan fingerprint density at radius 2 is 1.33 bits per heavy atom. The highest BCUT2D eigenvalue weighted by Crippen LogP contribution is 2.15. The van der Waals surface area contributed by atoms with E-state index < -0.39 is 11.7 Å². The molecule has 0 aliphatic carbocycles. The summed E-state index contributed by atoms with van der Waals surface area (Å²) in [5.41, 5.74) is 2.79. The topological polar surface area (TPSA) is 29.1 Å². The number of halogens is 1. The SMILES string of the molecule is O=C(Nc1ccc(/C=C/c2ccccc2)cc1)c1ccccc1F. The minimum Gasteiger partial charge on any atom is -0.322 e. The number of nitrogens with one attached hydrogen (secondary N) is 1. The second kappa shape index (κ2) is 7.38. The maximum atomic E-state index is 13.6. The molecule has 118 valence electrons. The molecule has 1 N–H and O–H groups in total. The third-order valence-electron chi connectivity index (χ3n) is 3.55. The zero-order chi connectivity index (χ0) is 16.8. The fraction of sp³-hybridized carbons (Fsp3) is 0. The van der Waals surface area contributed by atoms with Crippen molar-refractivity contribution in [1.82, 2.24) is 0 Å². The highest BCUT2D eigenvalue weighted by atomic mass is 19.1. The van der Waals surface area contributed by atoms with E-state index in [1.54, 1.807) is 24.3 Å². The standard InChI is InChI=1S/C21H16FNO/c22-20-9-5-4-8-19(20)21(24)23-18-14-12-17(13-15-18)11-10-16-6-2-1-3-7-16/h1-15H,(H,23,24)/b11-10+. The summed E-state index contributed by atoms with van der Waals surface area (Å²) in [5.74, 6) is -0.988. The van der Waals surface area contributed by atoms with Crippen molar-refractivity contribution in [3.8, 4) is 0 Å². The van der Waals surface area contributed by atoms with E-state index in [9.17, 15) is 9.18 Å². The number of benzene rings is 3. The third kappa shape index (κ3) is 3.96. The molecule has 24 heavy (non-hydrogen) atoms. The fourth-order valence-electron chi connectivity index (χ4n) is 2.28. The predicted molar refractivity (Wildman–Crippen MR) is 96.2 cm³/mol. The van der Waals surface area contributed by atoms with Crippen molar-refractivity contribution in [2.24, 2.45) is 0 Å². The molecule has 0 aliphatic rings. The molecule has 0 bridgehead atoms. The van der Waals surface area contributed by atoms with Gasteiger partial charge in [0.2, 0.25) is 0 Å². The van der Waals surface area contributed by atoms with Gasteiger partial charge in [-0.15, -0.1) is 0 Å². The zero-order valence-electron chi connectivity index (χ0n) is 12.9. The van der Waals surface area contributed by atoms with E-state index in [1.807, 2.05) is 54.6 Å². The highest BCUT2D eigenvalue weighted by molar-refractivity contribution is 6.04. The highest BCUT2D eigenvalue weighted by Gasteiger charge is 2.10. The lowest BCUT2D eigenvalue weighted by atomic mass is 10.1. The number of rotatable bonds is 4. The second-order valence-electron chi connectivity index (χ2n) is 5.30. The van der Waals surface area contributed by atoms with Crippen LogP contribution in [0.15, 0.2) is 78.9 Å². The largest absolute Gasteiger partial charge is 0.322 e. The molecule has 0 radical (unpaired) electrons. The molecule has 0 heterocycles. The smallest absolute Gasteiger partial charge is 0.258 e. The molecule has 0 fully saturated rings. The summed E-state index contributed by atoms with van der Waals surface area (Å²) in [6.07, 6.45) is 4.02. The molecule has 0 unspecified atom stereocenters. The first-order valence-electron chi connectivity index (χ1n) is 7.61. The van der Waals surface area contributed by atoms with Gasteiger partial charge < -0.3 is 5.32 Å². The van der Waals surface area contributed by atoms with Crippen LogP contribution in [-0.4, -0.2) is 5.91 Å². The van der Waals surface area contributed by atoms with Gasteiger partial charge in [-0.3, -0.25) is 4.79 Å². The molecule has 0 spiro atoms. The summed E-state index contributed by atoms with van der Waals surface area (Å²) in [5, 5.41) is 2.70. The molecule has 0 atom stereocenters. The maximum Gasteiger partial charge on any atom is 0.258 e. The summed E-state index contributed by atoms with van der Waals surface area (Å²) in [4.78, 5) is 12.1. The van der Waals surface area contributed by atoms with Gasteiger partial charge in [-0.2, -0.15) is 0 Å². The first-order valence-corrected chi connectivity index (χ1v) is 7.61. The van der Waals surface area contributed by atoms with Crippen LogP contribution in [0, 0.1) is 5.82 Å². The Bertz CT molecular complexity index is 855. The lowest BCUT2D eigenvalue weighted by Crippen LogP contribution is -2.13. The summed E-state index contributed by atoms with van der Waals surface area (Å²) in [6, 6.07) is 23.3. The van der Waals surface area contributed by atoms with Gasteiger partial charge in [0, 0.05) is 5.69 Å². The molecule has 1 amide bonds. The van der Waals surface area contributed by atoms with Crippen molar-refractivity contribution in [3.63, 3.8) is 0 Å². The van der Waals surface area contributed by atoms with Crippen LogP contribution in [0.25, 0.3) is 12.2 Å². The van der Waals surface area contributed by atoms with Crippen LogP contribution in [0.2, 0.25) is 0 Å². The molecule has 0 saturated carbocycles.